The molecule has 22 heavy (non-hydrogen) atoms. The average molecular weight is 312 g/mol. The van der Waals surface area contributed by atoms with Crippen molar-refractivity contribution in [2.75, 3.05) is 0 Å². The second-order valence-corrected chi connectivity index (χ2v) is 7.05. The molecule has 0 spiro atoms. The van der Waals surface area contributed by atoms with E-state index in [1.807, 2.05) is 38.1 Å². The molecule has 0 saturated heterocycles. The number of rotatable bonds is 3. The number of imidazole rings is 1. The lowest BCUT2D eigenvalue weighted by molar-refractivity contribution is 0.588. The number of aryl methyl sites for hydroxylation is 2. The summed E-state index contributed by atoms with van der Waals surface area (Å²) < 4.78 is 26.8. The maximum atomic E-state index is 12.8. The molecule has 0 unspecified atom stereocenters. The van der Waals surface area contributed by atoms with Crippen molar-refractivity contribution in [2.45, 2.75) is 18.7 Å². The van der Waals surface area contributed by atoms with Gasteiger partial charge in [-0.2, -0.15) is 0 Å². The topological polar surface area (TPSA) is 52.0 Å². The molecule has 0 saturated carbocycles. The van der Waals surface area contributed by atoms with Crippen LogP contribution in [0.3, 0.4) is 0 Å². The smallest absolute Gasteiger partial charge is 0.236 e. The molecule has 4 nitrogen and oxygen atoms in total. The minimum Gasteiger partial charge on any atom is -0.236 e. The highest BCUT2D eigenvalue weighted by Crippen LogP contribution is 2.23. The average Bonchev–Trinajstić information content (AvgIpc) is 2.99. The Hall–Kier alpha value is -2.40. The van der Waals surface area contributed by atoms with Crippen molar-refractivity contribution >= 4 is 10.0 Å². The standard InChI is InChI=1S/C17H16N2O2S/c1-13-3-7-15(8-4-13)17-18-11-12-19(17)22(20,21)16-9-5-14(2)6-10-16/h3-12H,1-2H3. The molecule has 1 heterocycles. The second kappa shape index (κ2) is 5.42. The van der Waals surface area contributed by atoms with E-state index in [1.165, 1.54) is 16.4 Å². The van der Waals surface area contributed by atoms with Gasteiger partial charge in [-0.25, -0.2) is 17.4 Å². The Labute approximate surface area is 130 Å². The number of nitrogens with zero attached hydrogens (tertiary/aromatic N) is 2. The Kier molecular flexibility index (Phi) is 3.58. The fourth-order valence-corrected chi connectivity index (χ4v) is 3.52. The Balaban J connectivity index is 2.11. The van der Waals surface area contributed by atoms with Crippen LogP contribution in [0.15, 0.2) is 65.8 Å². The molecule has 3 rings (SSSR count). The fourth-order valence-electron chi connectivity index (χ4n) is 2.21. The highest BCUT2D eigenvalue weighted by atomic mass is 32.2. The lowest BCUT2D eigenvalue weighted by Gasteiger charge is -2.10. The summed E-state index contributed by atoms with van der Waals surface area (Å²) in [7, 11) is -3.65. The van der Waals surface area contributed by atoms with Crippen LogP contribution < -0.4 is 0 Å². The SMILES string of the molecule is Cc1ccc(-c2nccn2S(=O)(=O)c2ccc(C)cc2)cc1. The molecule has 0 radical (unpaired) electrons. The Morgan fingerprint density at radius 3 is 2.00 bits per heavy atom. The minimum atomic E-state index is -3.65. The largest absolute Gasteiger partial charge is 0.269 e. The van der Waals surface area contributed by atoms with E-state index >= 15 is 0 Å². The third-order valence-corrected chi connectivity index (χ3v) is 5.18. The van der Waals surface area contributed by atoms with Crippen molar-refractivity contribution in [3.63, 3.8) is 0 Å². The van der Waals surface area contributed by atoms with Crippen LogP contribution in [0.4, 0.5) is 0 Å². The number of hydrogen-bond acceptors (Lipinski definition) is 3. The van der Waals surface area contributed by atoms with Gasteiger partial charge in [0.15, 0.2) is 5.82 Å². The van der Waals surface area contributed by atoms with Crippen LogP contribution in [0, 0.1) is 13.8 Å². The van der Waals surface area contributed by atoms with E-state index in [0.717, 1.165) is 16.7 Å². The first-order valence-corrected chi connectivity index (χ1v) is 8.35. The molecule has 1 aromatic heterocycles. The molecule has 0 aliphatic carbocycles. The van der Waals surface area contributed by atoms with Gasteiger partial charge in [-0.15, -0.1) is 0 Å². The van der Waals surface area contributed by atoms with Gasteiger partial charge in [0.05, 0.1) is 4.90 Å². The summed E-state index contributed by atoms with van der Waals surface area (Å²) in [4.78, 5) is 4.46. The summed E-state index contributed by atoms with van der Waals surface area (Å²) in [6, 6.07) is 14.4. The molecule has 0 aliphatic rings. The monoisotopic (exact) mass is 312 g/mol. The van der Waals surface area contributed by atoms with Crippen molar-refractivity contribution in [3.05, 3.63) is 72.1 Å². The molecular formula is C17H16N2O2S. The Morgan fingerprint density at radius 2 is 1.41 bits per heavy atom. The van der Waals surface area contributed by atoms with Crippen LogP contribution in [-0.2, 0) is 10.0 Å². The predicted octanol–water partition coefficient (Wildman–Crippen LogP) is 3.40. The highest BCUT2D eigenvalue weighted by Gasteiger charge is 2.20. The molecule has 0 bridgehead atoms. The Bertz CT molecular complexity index is 893. The zero-order valence-electron chi connectivity index (χ0n) is 12.4. The number of hydrogen-bond donors (Lipinski definition) is 0. The minimum absolute atomic E-state index is 0.254. The first-order chi connectivity index (χ1) is 10.5. The first-order valence-electron chi connectivity index (χ1n) is 6.91. The van der Waals surface area contributed by atoms with Crippen molar-refractivity contribution in [2.24, 2.45) is 0 Å². The van der Waals surface area contributed by atoms with Gasteiger partial charge in [0.2, 0.25) is 0 Å². The van der Waals surface area contributed by atoms with Gasteiger partial charge >= 0.3 is 0 Å². The molecule has 0 fully saturated rings. The zero-order chi connectivity index (χ0) is 15.7. The first kappa shape index (κ1) is 14.5. The fraction of sp³-hybridized carbons (Fsp3) is 0.118. The van der Waals surface area contributed by atoms with Gasteiger partial charge in [0, 0.05) is 18.0 Å². The number of aromatic nitrogens is 2. The van der Waals surface area contributed by atoms with Gasteiger partial charge in [-0.05, 0) is 26.0 Å². The molecule has 0 aliphatic heterocycles. The van der Waals surface area contributed by atoms with E-state index < -0.39 is 10.0 Å². The highest BCUT2D eigenvalue weighted by molar-refractivity contribution is 7.90. The summed E-state index contributed by atoms with van der Waals surface area (Å²) in [5.74, 6) is 0.417. The molecule has 2 aromatic carbocycles. The van der Waals surface area contributed by atoms with E-state index in [0.29, 0.717) is 5.82 Å². The summed E-state index contributed by atoms with van der Waals surface area (Å²) in [6.45, 7) is 3.91. The van der Waals surface area contributed by atoms with Crippen molar-refractivity contribution in [3.8, 4) is 11.4 Å². The third kappa shape index (κ3) is 2.55. The summed E-state index contributed by atoms with van der Waals surface area (Å²) >= 11 is 0. The summed E-state index contributed by atoms with van der Waals surface area (Å²) in [5.41, 5.74) is 2.90. The normalized spacial score (nSPS) is 11.5. The molecule has 0 N–H and O–H groups in total. The van der Waals surface area contributed by atoms with Crippen LogP contribution in [-0.4, -0.2) is 17.4 Å². The van der Waals surface area contributed by atoms with Crippen LogP contribution in [0.5, 0.6) is 0 Å². The summed E-state index contributed by atoms with van der Waals surface area (Å²) in [6.07, 6.45) is 2.98. The predicted molar refractivity (Wildman–Crippen MR) is 86.2 cm³/mol. The van der Waals surface area contributed by atoms with Gasteiger partial charge in [0.25, 0.3) is 10.0 Å². The Morgan fingerprint density at radius 1 is 0.864 bits per heavy atom. The second-order valence-electron chi connectivity index (χ2n) is 5.23. The molecule has 5 heteroatoms. The van der Waals surface area contributed by atoms with Gasteiger partial charge < -0.3 is 0 Å². The van der Waals surface area contributed by atoms with Crippen LogP contribution in [0.2, 0.25) is 0 Å². The maximum absolute atomic E-state index is 12.8. The molecular weight excluding hydrogens is 296 g/mol. The number of benzene rings is 2. The molecule has 3 aromatic rings. The molecule has 0 amide bonds. The molecule has 0 atom stereocenters. The lowest BCUT2D eigenvalue weighted by Crippen LogP contribution is -2.13. The van der Waals surface area contributed by atoms with Crippen LogP contribution in [0.1, 0.15) is 11.1 Å². The zero-order valence-corrected chi connectivity index (χ0v) is 13.2. The van der Waals surface area contributed by atoms with E-state index in [1.54, 1.807) is 24.3 Å². The van der Waals surface area contributed by atoms with Crippen molar-refractivity contribution < 1.29 is 8.42 Å². The van der Waals surface area contributed by atoms with Gasteiger partial charge in [-0.3, -0.25) is 0 Å². The lowest BCUT2D eigenvalue weighted by atomic mass is 10.1. The third-order valence-electron chi connectivity index (χ3n) is 3.50. The van der Waals surface area contributed by atoms with Crippen LogP contribution >= 0.6 is 0 Å². The van der Waals surface area contributed by atoms with Crippen molar-refractivity contribution in [1.82, 2.24) is 8.96 Å². The van der Waals surface area contributed by atoms with E-state index in [-0.39, 0.29) is 4.90 Å². The van der Waals surface area contributed by atoms with Crippen molar-refractivity contribution in [1.29, 1.82) is 0 Å². The maximum Gasteiger partial charge on any atom is 0.269 e. The summed E-state index contributed by atoms with van der Waals surface area (Å²) in [5, 5.41) is 0. The van der Waals surface area contributed by atoms with Gasteiger partial charge in [-0.1, -0.05) is 47.5 Å². The van der Waals surface area contributed by atoms with E-state index in [2.05, 4.69) is 4.98 Å². The van der Waals surface area contributed by atoms with E-state index in [9.17, 15) is 8.42 Å². The van der Waals surface area contributed by atoms with Crippen LogP contribution in [0.25, 0.3) is 11.4 Å². The van der Waals surface area contributed by atoms with E-state index in [4.69, 9.17) is 0 Å². The van der Waals surface area contributed by atoms with Gasteiger partial charge in [0.1, 0.15) is 0 Å². The molecule has 112 valence electrons. The quantitative estimate of drug-likeness (QED) is 0.745.